The van der Waals surface area contributed by atoms with E-state index in [1.54, 1.807) is 18.2 Å². The minimum absolute atomic E-state index is 0.176. The van der Waals surface area contributed by atoms with Crippen molar-refractivity contribution in [2.75, 3.05) is 7.11 Å². The average molecular weight is 262 g/mol. The highest BCUT2D eigenvalue weighted by atomic mass is 19.1. The molecule has 2 rings (SSSR count). The lowest BCUT2D eigenvalue weighted by Crippen LogP contribution is -2.07. The summed E-state index contributed by atoms with van der Waals surface area (Å²) in [6.45, 7) is 1.82. The lowest BCUT2D eigenvalue weighted by atomic mass is 10.00. The Morgan fingerprint density at radius 2 is 1.79 bits per heavy atom. The van der Waals surface area contributed by atoms with Gasteiger partial charge in [-0.2, -0.15) is 0 Å². The maximum absolute atomic E-state index is 13.6. The van der Waals surface area contributed by atoms with Gasteiger partial charge in [0.1, 0.15) is 17.4 Å². The van der Waals surface area contributed by atoms with E-state index in [4.69, 9.17) is 4.74 Å². The minimum Gasteiger partial charge on any atom is -0.496 e. The number of ketones is 1. The molecule has 0 unspecified atom stereocenters. The summed E-state index contributed by atoms with van der Waals surface area (Å²) in [5, 5.41) is 0. The highest BCUT2D eigenvalue weighted by Gasteiger charge is 2.18. The van der Waals surface area contributed by atoms with E-state index in [2.05, 4.69) is 0 Å². The predicted octanol–water partition coefficient (Wildman–Crippen LogP) is 3.51. The van der Waals surface area contributed by atoms with Crippen LogP contribution < -0.4 is 4.74 Å². The Labute approximate surface area is 109 Å². The summed E-state index contributed by atoms with van der Waals surface area (Å²) in [5.74, 6) is -1.77. The standard InChI is InChI=1S/C15H12F2O2/c1-9-3-6-14(19-2)12(7-9)15(18)11-5-4-10(16)8-13(11)17/h3-8H,1-2H3. The third kappa shape index (κ3) is 2.62. The van der Waals surface area contributed by atoms with Gasteiger partial charge >= 0.3 is 0 Å². The van der Waals surface area contributed by atoms with Gasteiger partial charge < -0.3 is 4.74 Å². The van der Waals surface area contributed by atoms with Crippen molar-refractivity contribution < 1.29 is 18.3 Å². The SMILES string of the molecule is COc1ccc(C)cc1C(=O)c1ccc(F)cc1F. The zero-order valence-corrected chi connectivity index (χ0v) is 10.5. The van der Waals surface area contributed by atoms with Gasteiger partial charge in [0.15, 0.2) is 5.78 Å². The first-order chi connectivity index (χ1) is 9.02. The van der Waals surface area contributed by atoms with Gasteiger partial charge in [0.05, 0.1) is 18.2 Å². The van der Waals surface area contributed by atoms with Crippen LogP contribution in [0.25, 0.3) is 0 Å². The summed E-state index contributed by atoms with van der Waals surface area (Å²) in [5.41, 5.74) is 0.935. The van der Waals surface area contributed by atoms with E-state index in [-0.39, 0.29) is 11.1 Å². The first-order valence-corrected chi connectivity index (χ1v) is 5.67. The second kappa shape index (κ2) is 5.18. The molecule has 0 fully saturated rings. The van der Waals surface area contributed by atoms with Gasteiger partial charge in [0.25, 0.3) is 0 Å². The predicted molar refractivity (Wildman–Crippen MR) is 67.5 cm³/mol. The normalized spacial score (nSPS) is 10.3. The van der Waals surface area contributed by atoms with Gasteiger partial charge in [-0.15, -0.1) is 0 Å². The van der Waals surface area contributed by atoms with Crippen LogP contribution in [0.1, 0.15) is 21.5 Å². The molecule has 0 bridgehead atoms. The Kier molecular flexibility index (Phi) is 3.60. The van der Waals surface area contributed by atoms with E-state index in [1.807, 2.05) is 6.92 Å². The van der Waals surface area contributed by atoms with Crippen LogP contribution in [0.5, 0.6) is 5.75 Å². The maximum Gasteiger partial charge on any atom is 0.199 e. The maximum atomic E-state index is 13.6. The molecule has 2 aromatic carbocycles. The van der Waals surface area contributed by atoms with Crippen LogP contribution in [-0.4, -0.2) is 12.9 Å². The first kappa shape index (κ1) is 13.2. The fourth-order valence-corrected chi connectivity index (χ4v) is 1.82. The summed E-state index contributed by atoms with van der Waals surface area (Å²) in [4.78, 5) is 12.3. The number of benzene rings is 2. The molecule has 0 aliphatic carbocycles. The van der Waals surface area contributed by atoms with E-state index < -0.39 is 17.4 Å². The summed E-state index contributed by atoms with van der Waals surface area (Å²) in [6.07, 6.45) is 0. The Morgan fingerprint density at radius 1 is 1.05 bits per heavy atom. The second-order valence-corrected chi connectivity index (χ2v) is 4.16. The van der Waals surface area contributed by atoms with E-state index in [9.17, 15) is 13.6 Å². The number of carbonyl (C=O) groups is 1. The van der Waals surface area contributed by atoms with Crippen molar-refractivity contribution in [3.63, 3.8) is 0 Å². The average Bonchev–Trinajstić information content (AvgIpc) is 2.38. The summed E-state index contributed by atoms with van der Waals surface area (Å²) in [6, 6.07) is 7.92. The van der Waals surface area contributed by atoms with Gasteiger partial charge in [-0.1, -0.05) is 11.6 Å². The van der Waals surface area contributed by atoms with Crippen molar-refractivity contribution in [3.05, 3.63) is 64.7 Å². The van der Waals surface area contributed by atoms with Gasteiger partial charge in [-0.25, -0.2) is 8.78 Å². The Balaban J connectivity index is 2.52. The fraction of sp³-hybridized carbons (Fsp3) is 0.133. The molecule has 19 heavy (non-hydrogen) atoms. The van der Waals surface area contributed by atoms with E-state index in [0.717, 1.165) is 17.7 Å². The van der Waals surface area contributed by atoms with Crippen LogP contribution in [0.4, 0.5) is 8.78 Å². The van der Waals surface area contributed by atoms with Crippen LogP contribution >= 0.6 is 0 Å². The third-order valence-corrected chi connectivity index (χ3v) is 2.78. The van der Waals surface area contributed by atoms with Crippen LogP contribution in [0.15, 0.2) is 36.4 Å². The van der Waals surface area contributed by atoms with E-state index in [1.165, 1.54) is 7.11 Å². The summed E-state index contributed by atoms with van der Waals surface area (Å²) in [7, 11) is 1.43. The molecule has 98 valence electrons. The van der Waals surface area contributed by atoms with Gasteiger partial charge in [-0.3, -0.25) is 4.79 Å². The van der Waals surface area contributed by atoms with Gasteiger partial charge in [-0.05, 0) is 31.2 Å². The molecule has 4 heteroatoms. The van der Waals surface area contributed by atoms with Crippen LogP contribution in [0.3, 0.4) is 0 Å². The molecule has 0 aromatic heterocycles. The molecule has 0 saturated heterocycles. The van der Waals surface area contributed by atoms with Crippen molar-refractivity contribution in [1.29, 1.82) is 0 Å². The number of methoxy groups -OCH3 is 1. The monoisotopic (exact) mass is 262 g/mol. The van der Waals surface area contributed by atoms with Crippen molar-refractivity contribution in [3.8, 4) is 5.75 Å². The van der Waals surface area contributed by atoms with Gasteiger partial charge in [0, 0.05) is 6.07 Å². The van der Waals surface area contributed by atoms with Crippen LogP contribution in [0, 0.1) is 18.6 Å². The molecule has 0 spiro atoms. The minimum atomic E-state index is -0.881. The largest absolute Gasteiger partial charge is 0.496 e. The number of ether oxygens (including phenoxy) is 1. The number of aryl methyl sites for hydroxylation is 1. The summed E-state index contributed by atoms with van der Waals surface area (Å²) < 4.78 is 31.6. The first-order valence-electron chi connectivity index (χ1n) is 5.67. The lowest BCUT2D eigenvalue weighted by molar-refractivity contribution is 0.103. The topological polar surface area (TPSA) is 26.3 Å². The third-order valence-electron chi connectivity index (χ3n) is 2.78. The molecule has 0 atom stereocenters. The number of hydrogen-bond donors (Lipinski definition) is 0. The second-order valence-electron chi connectivity index (χ2n) is 4.16. The molecular weight excluding hydrogens is 250 g/mol. The molecule has 0 saturated carbocycles. The molecule has 2 aromatic rings. The molecular formula is C15H12F2O2. The zero-order valence-electron chi connectivity index (χ0n) is 10.5. The number of carbonyl (C=O) groups excluding carboxylic acids is 1. The Bertz CT molecular complexity index is 636. The zero-order chi connectivity index (χ0) is 14.0. The quantitative estimate of drug-likeness (QED) is 0.791. The fourth-order valence-electron chi connectivity index (χ4n) is 1.82. The molecule has 0 heterocycles. The van der Waals surface area contributed by atoms with E-state index >= 15 is 0 Å². The molecule has 0 N–H and O–H groups in total. The lowest BCUT2D eigenvalue weighted by Gasteiger charge is -2.09. The van der Waals surface area contributed by atoms with Crippen molar-refractivity contribution in [2.45, 2.75) is 6.92 Å². The number of rotatable bonds is 3. The highest BCUT2D eigenvalue weighted by molar-refractivity contribution is 6.11. The molecule has 0 aliphatic heterocycles. The smallest absolute Gasteiger partial charge is 0.199 e. The highest BCUT2D eigenvalue weighted by Crippen LogP contribution is 2.24. The van der Waals surface area contributed by atoms with Crippen molar-refractivity contribution in [1.82, 2.24) is 0 Å². The number of halogens is 2. The van der Waals surface area contributed by atoms with Gasteiger partial charge in [0.2, 0.25) is 0 Å². The Hall–Kier alpha value is -2.23. The molecule has 0 radical (unpaired) electrons. The van der Waals surface area contributed by atoms with Crippen molar-refractivity contribution in [2.24, 2.45) is 0 Å². The molecule has 0 aliphatic rings. The Morgan fingerprint density at radius 3 is 2.42 bits per heavy atom. The van der Waals surface area contributed by atoms with Crippen LogP contribution in [-0.2, 0) is 0 Å². The molecule has 2 nitrogen and oxygen atoms in total. The molecule has 0 amide bonds. The van der Waals surface area contributed by atoms with E-state index in [0.29, 0.717) is 11.8 Å². The number of hydrogen-bond acceptors (Lipinski definition) is 2. The van der Waals surface area contributed by atoms with Crippen molar-refractivity contribution >= 4 is 5.78 Å². The van der Waals surface area contributed by atoms with Crippen LogP contribution in [0.2, 0.25) is 0 Å². The summed E-state index contributed by atoms with van der Waals surface area (Å²) >= 11 is 0.